The van der Waals surface area contributed by atoms with Crippen LogP contribution in [0.25, 0.3) is 11.2 Å². The Morgan fingerprint density at radius 1 is 1.17 bits per heavy atom. The van der Waals surface area contributed by atoms with Crippen LogP contribution in [0.4, 0.5) is 5.82 Å². The summed E-state index contributed by atoms with van der Waals surface area (Å²) in [4.78, 5) is 43.4. The Balaban J connectivity index is 1.58. The smallest absolute Gasteiger partial charge is 0.382 e. The van der Waals surface area contributed by atoms with Crippen LogP contribution in [0.15, 0.2) is 6.33 Å². The molecule has 17 nitrogen and oxygen atoms in total. The molecule has 0 saturated carbocycles. The van der Waals surface area contributed by atoms with Gasteiger partial charge in [-0.15, -0.1) is 5.10 Å². The minimum atomic E-state index is -5.57. The van der Waals surface area contributed by atoms with Gasteiger partial charge in [0.2, 0.25) is 0 Å². The fourth-order valence-electron chi connectivity index (χ4n) is 2.48. The summed E-state index contributed by atoms with van der Waals surface area (Å²) in [5, 5.41) is 7.82. The third-order valence-corrected chi connectivity index (χ3v) is 7.34. The van der Waals surface area contributed by atoms with E-state index in [2.05, 4.69) is 33.4 Å². The van der Waals surface area contributed by atoms with E-state index in [1.54, 1.807) is 0 Å². The molecule has 2 aromatic heterocycles. The molecule has 0 bridgehead atoms. The molecule has 1 aliphatic rings. The fourth-order valence-corrected chi connectivity index (χ4v) is 5.53. The summed E-state index contributed by atoms with van der Waals surface area (Å²) in [6, 6.07) is -0.371. The highest BCUT2D eigenvalue weighted by molar-refractivity contribution is 7.66. The Bertz CT molecular complexity index is 1040. The first-order valence-corrected chi connectivity index (χ1v) is 12.1. The second kappa shape index (κ2) is 8.06. The van der Waals surface area contributed by atoms with Crippen molar-refractivity contribution in [3.63, 3.8) is 0 Å². The van der Waals surface area contributed by atoms with Gasteiger partial charge in [-0.2, -0.15) is 8.62 Å². The van der Waals surface area contributed by atoms with Gasteiger partial charge in [-0.25, -0.2) is 28.3 Å². The van der Waals surface area contributed by atoms with E-state index in [4.69, 9.17) is 25.2 Å². The number of hydrogen-bond acceptors (Lipinski definition) is 12. The van der Waals surface area contributed by atoms with Crippen LogP contribution in [-0.2, 0) is 31.6 Å². The molecule has 0 aromatic carbocycles. The van der Waals surface area contributed by atoms with Crippen molar-refractivity contribution in [2.24, 2.45) is 0 Å². The minimum Gasteiger partial charge on any atom is -0.382 e. The van der Waals surface area contributed by atoms with Crippen molar-refractivity contribution in [3.8, 4) is 0 Å². The van der Waals surface area contributed by atoms with E-state index in [0.29, 0.717) is 11.2 Å². The van der Waals surface area contributed by atoms with Gasteiger partial charge in [0, 0.05) is 6.42 Å². The zero-order valence-electron chi connectivity index (χ0n) is 14.2. The van der Waals surface area contributed by atoms with Crippen LogP contribution in [0.2, 0.25) is 0 Å². The summed E-state index contributed by atoms with van der Waals surface area (Å²) in [5.41, 5.74) is 6.34. The molecule has 3 heterocycles. The van der Waals surface area contributed by atoms with Crippen LogP contribution >= 0.6 is 23.5 Å². The van der Waals surface area contributed by atoms with Crippen molar-refractivity contribution in [1.29, 1.82) is 0 Å². The Morgan fingerprint density at radius 2 is 1.90 bits per heavy atom. The number of anilines is 1. The summed E-state index contributed by atoms with van der Waals surface area (Å²) >= 11 is 0. The van der Waals surface area contributed by atoms with Gasteiger partial charge in [-0.05, 0) is 0 Å². The average Bonchev–Trinajstić information content (AvgIpc) is 3.16. The van der Waals surface area contributed by atoms with E-state index in [9.17, 15) is 18.6 Å². The molecule has 0 spiro atoms. The predicted octanol–water partition coefficient (Wildman–Crippen LogP) is -0.523. The van der Waals surface area contributed by atoms with Crippen LogP contribution in [0.5, 0.6) is 0 Å². The SMILES string of the molecule is Nc1ncnc2c1nnn2C1COC(COP(=O)(O)OP(=O)(O)OP(=O)(O)O)C1. The van der Waals surface area contributed by atoms with Gasteiger partial charge in [-0.3, -0.25) is 4.52 Å². The zero-order valence-corrected chi connectivity index (χ0v) is 16.8. The second-order valence-electron chi connectivity index (χ2n) is 5.70. The number of ether oxygens (including phenoxy) is 1. The van der Waals surface area contributed by atoms with Crippen molar-refractivity contribution >= 4 is 40.4 Å². The Kier molecular flexibility index (Phi) is 6.21. The number of nitrogens with two attached hydrogens (primary N) is 1. The van der Waals surface area contributed by atoms with E-state index in [1.807, 2.05) is 0 Å². The molecule has 1 aliphatic heterocycles. The van der Waals surface area contributed by atoms with Crippen LogP contribution in [0, 0.1) is 0 Å². The molecule has 0 radical (unpaired) electrons. The molecule has 2 aromatic rings. The molecule has 0 aliphatic carbocycles. The number of fused-ring (bicyclic) bond motifs is 1. The second-order valence-corrected chi connectivity index (χ2v) is 10.1. The monoisotopic (exact) mass is 476 g/mol. The third-order valence-electron chi connectivity index (χ3n) is 3.53. The molecule has 4 unspecified atom stereocenters. The molecule has 162 valence electrons. The lowest BCUT2D eigenvalue weighted by Gasteiger charge is -2.17. The standard InChI is InChI=1S/C9H15N6O11P3/c10-8-7-9(12-4-11-8)15(14-13-7)5-1-6(23-2-5)3-24-28(19,20)26-29(21,22)25-27(16,17)18/h4-6H,1-3H2,(H,19,20)(H,21,22)(H2,10,11,12)(H2,16,17,18). The average molecular weight is 476 g/mol. The lowest BCUT2D eigenvalue weighted by molar-refractivity contribution is 0.0527. The molecule has 6 N–H and O–H groups in total. The molecule has 3 rings (SSSR count). The van der Waals surface area contributed by atoms with Crippen LogP contribution in [0.3, 0.4) is 0 Å². The predicted molar refractivity (Wildman–Crippen MR) is 90.7 cm³/mol. The topological polar surface area (TPSA) is 252 Å². The first-order chi connectivity index (χ1) is 13.4. The Morgan fingerprint density at radius 3 is 2.59 bits per heavy atom. The lowest BCUT2D eigenvalue weighted by Crippen LogP contribution is -2.15. The highest BCUT2D eigenvalue weighted by Gasteiger charge is 2.41. The van der Waals surface area contributed by atoms with Crippen LogP contribution < -0.4 is 5.73 Å². The van der Waals surface area contributed by atoms with E-state index < -0.39 is 36.2 Å². The normalized spacial score (nSPS) is 24.4. The summed E-state index contributed by atoms with van der Waals surface area (Å²) in [7, 11) is -16.2. The summed E-state index contributed by atoms with van der Waals surface area (Å²) in [6.45, 7) is -0.434. The maximum Gasteiger partial charge on any atom is 0.490 e. The van der Waals surface area contributed by atoms with E-state index in [1.165, 1.54) is 11.0 Å². The van der Waals surface area contributed by atoms with Crippen LogP contribution in [0.1, 0.15) is 12.5 Å². The molecular weight excluding hydrogens is 461 g/mol. The first-order valence-electron chi connectivity index (χ1n) is 7.56. The molecular formula is C9H15N6O11P3. The fraction of sp³-hybridized carbons (Fsp3) is 0.556. The van der Waals surface area contributed by atoms with Gasteiger partial charge in [-0.1, -0.05) is 5.21 Å². The minimum absolute atomic E-state index is 0.118. The van der Waals surface area contributed by atoms with Gasteiger partial charge >= 0.3 is 23.5 Å². The lowest BCUT2D eigenvalue weighted by atomic mass is 10.2. The van der Waals surface area contributed by atoms with Crippen LogP contribution in [-0.4, -0.2) is 63.9 Å². The number of phosphoric ester groups is 1. The summed E-state index contributed by atoms with van der Waals surface area (Å²) < 4.78 is 52.2. The van der Waals surface area contributed by atoms with Crippen molar-refractivity contribution in [3.05, 3.63) is 6.33 Å². The van der Waals surface area contributed by atoms with Crippen molar-refractivity contribution in [1.82, 2.24) is 25.0 Å². The number of hydrogen-bond donors (Lipinski definition) is 5. The molecule has 0 amide bonds. The van der Waals surface area contributed by atoms with Crippen molar-refractivity contribution in [2.45, 2.75) is 18.6 Å². The van der Waals surface area contributed by atoms with Gasteiger partial charge in [0.05, 0.1) is 25.4 Å². The van der Waals surface area contributed by atoms with Crippen molar-refractivity contribution in [2.75, 3.05) is 18.9 Å². The maximum absolute atomic E-state index is 11.7. The van der Waals surface area contributed by atoms with Gasteiger partial charge < -0.3 is 30.0 Å². The highest BCUT2D eigenvalue weighted by atomic mass is 31.3. The molecule has 1 saturated heterocycles. The van der Waals surface area contributed by atoms with Gasteiger partial charge in [0.15, 0.2) is 17.0 Å². The number of phosphoric acid groups is 3. The first kappa shape index (κ1) is 22.3. The Labute approximate surface area is 161 Å². The van der Waals surface area contributed by atoms with E-state index in [-0.39, 0.29) is 24.9 Å². The zero-order chi connectivity index (χ0) is 21.4. The maximum atomic E-state index is 11.7. The quantitative estimate of drug-likeness (QED) is 0.300. The summed E-state index contributed by atoms with van der Waals surface area (Å²) in [5.74, 6) is 0.143. The van der Waals surface area contributed by atoms with Gasteiger partial charge in [0.1, 0.15) is 6.33 Å². The number of nitrogens with zero attached hydrogens (tertiary/aromatic N) is 5. The molecule has 29 heavy (non-hydrogen) atoms. The van der Waals surface area contributed by atoms with Crippen molar-refractivity contribution < 1.29 is 51.2 Å². The van der Waals surface area contributed by atoms with E-state index in [0.717, 1.165) is 0 Å². The number of nitrogen functional groups attached to an aromatic ring is 1. The molecule has 1 fully saturated rings. The summed E-state index contributed by atoms with van der Waals surface area (Å²) in [6.07, 6.45) is 0.724. The number of aromatic nitrogens is 5. The molecule has 20 heteroatoms. The number of rotatable bonds is 8. The molecule has 4 atom stereocenters. The largest absolute Gasteiger partial charge is 0.490 e. The highest BCUT2D eigenvalue weighted by Crippen LogP contribution is 2.66. The third kappa shape index (κ3) is 5.84. The Hall–Kier alpha value is -1.35. The van der Waals surface area contributed by atoms with E-state index >= 15 is 0 Å². The van der Waals surface area contributed by atoms with Gasteiger partial charge in [0.25, 0.3) is 0 Å².